The van der Waals surface area contributed by atoms with E-state index in [1.807, 2.05) is 13.0 Å². The van der Waals surface area contributed by atoms with Crippen molar-refractivity contribution in [3.63, 3.8) is 0 Å². The van der Waals surface area contributed by atoms with Gasteiger partial charge in [-0.1, -0.05) is 6.07 Å². The van der Waals surface area contributed by atoms with Crippen LogP contribution in [-0.2, 0) is 4.79 Å². The van der Waals surface area contributed by atoms with E-state index < -0.39 is 0 Å². The van der Waals surface area contributed by atoms with E-state index in [0.29, 0.717) is 25.2 Å². The Morgan fingerprint density at radius 1 is 1.57 bits per heavy atom. The van der Waals surface area contributed by atoms with E-state index in [-0.39, 0.29) is 5.91 Å². The molecule has 4 heteroatoms. The van der Waals surface area contributed by atoms with Crippen LogP contribution in [0.3, 0.4) is 0 Å². The fraction of sp³-hybridized carbons (Fsp3) is 0.400. The van der Waals surface area contributed by atoms with Gasteiger partial charge in [0.15, 0.2) is 0 Å². The predicted octanol–water partition coefficient (Wildman–Crippen LogP) is 1.07. The number of aromatic nitrogens is 1. The first-order valence-electron chi connectivity index (χ1n) is 4.65. The maximum Gasteiger partial charge on any atom is 0.225 e. The quantitative estimate of drug-likeness (QED) is 0.751. The third kappa shape index (κ3) is 3.53. The summed E-state index contributed by atoms with van der Waals surface area (Å²) in [4.78, 5) is 15.3. The van der Waals surface area contributed by atoms with Gasteiger partial charge in [0.2, 0.25) is 5.91 Å². The van der Waals surface area contributed by atoms with Crippen molar-refractivity contribution in [2.75, 3.05) is 11.9 Å². The molecule has 0 aromatic carbocycles. The van der Waals surface area contributed by atoms with Crippen molar-refractivity contribution < 1.29 is 4.79 Å². The topological polar surface area (TPSA) is 68.0 Å². The van der Waals surface area contributed by atoms with Crippen molar-refractivity contribution in [3.8, 4) is 0 Å². The average molecular weight is 193 g/mol. The average Bonchev–Trinajstić information content (AvgIpc) is 2.18. The lowest BCUT2D eigenvalue weighted by atomic mass is 10.3. The number of nitrogens with one attached hydrogen (secondary N) is 1. The second-order valence-corrected chi connectivity index (χ2v) is 3.16. The first kappa shape index (κ1) is 10.7. The number of anilines is 1. The second kappa shape index (κ2) is 5.34. The van der Waals surface area contributed by atoms with Gasteiger partial charge in [-0.3, -0.25) is 4.79 Å². The maximum atomic E-state index is 11.2. The highest BCUT2D eigenvalue weighted by atomic mass is 16.1. The SMILES string of the molecule is Cc1ccc(NC(=O)CCCN)nc1. The number of hydrogen-bond acceptors (Lipinski definition) is 3. The fourth-order valence-electron chi connectivity index (χ4n) is 1.01. The summed E-state index contributed by atoms with van der Waals surface area (Å²) in [5, 5.41) is 2.70. The molecule has 0 aliphatic carbocycles. The molecule has 0 saturated heterocycles. The molecule has 0 radical (unpaired) electrons. The molecule has 4 nitrogen and oxygen atoms in total. The van der Waals surface area contributed by atoms with E-state index in [9.17, 15) is 4.79 Å². The van der Waals surface area contributed by atoms with E-state index in [4.69, 9.17) is 5.73 Å². The molecule has 0 spiro atoms. The number of nitrogens with zero attached hydrogens (tertiary/aromatic N) is 1. The van der Waals surface area contributed by atoms with Crippen LogP contribution in [0.2, 0.25) is 0 Å². The number of nitrogens with two attached hydrogens (primary N) is 1. The summed E-state index contributed by atoms with van der Waals surface area (Å²) >= 11 is 0. The van der Waals surface area contributed by atoms with Crippen LogP contribution in [0.4, 0.5) is 5.82 Å². The van der Waals surface area contributed by atoms with Gasteiger partial charge in [0.1, 0.15) is 5.82 Å². The molecule has 0 aliphatic heterocycles. The van der Waals surface area contributed by atoms with Crippen molar-refractivity contribution in [3.05, 3.63) is 23.9 Å². The third-order valence-electron chi connectivity index (χ3n) is 1.79. The number of rotatable bonds is 4. The van der Waals surface area contributed by atoms with Crippen LogP contribution in [0, 0.1) is 6.92 Å². The van der Waals surface area contributed by atoms with Crippen LogP contribution >= 0.6 is 0 Å². The summed E-state index contributed by atoms with van der Waals surface area (Å²) in [6.07, 6.45) is 2.88. The molecule has 1 heterocycles. The van der Waals surface area contributed by atoms with Gasteiger partial charge >= 0.3 is 0 Å². The Bertz CT molecular complexity index is 295. The van der Waals surface area contributed by atoms with Crippen LogP contribution in [-0.4, -0.2) is 17.4 Å². The van der Waals surface area contributed by atoms with Gasteiger partial charge in [0.05, 0.1) is 0 Å². The molecular formula is C10H15N3O. The van der Waals surface area contributed by atoms with Gasteiger partial charge in [0, 0.05) is 12.6 Å². The van der Waals surface area contributed by atoms with Gasteiger partial charge in [-0.2, -0.15) is 0 Å². The van der Waals surface area contributed by atoms with E-state index >= 15 is 0 Å². The summed E-state index contributed by atoms with van der Waals surface area (Å²) in [6, 6.07) is 3.70. The van der Waals surface area contributed by atoms with Crippen LogP contribution < -0.4 is 11.1 Å². The van der Waals surface area contributed by atoms with Gasteiger partial charge in [-0.15, -0.1) is 0 Å². The number of carbonyl (C=O) groups excluding carboxylic acids is 1. The third-order valence-corrected chi connectivity index (χ3v) is 1.79. The molecule has 3 N–H and O–H groups in total. The van der Waals surface area contributed by atoms with E-state index in [0.717, 1.165) is 5.56 Å². The first-order chi connectivity index (χ1) is 6.72. The Kier molecular flexibility index (Phi) is 4.07. The number of amides is 1. The van der Waals surface area contributed by atoms with Crippen molar-refractivity contribution in [2.24, 2.45) is 5.73 Å². The molecule has 0 fully saturated rings. The molecule has 0 aliphatic rings. The summed E-state index contributed by atoms with van der Waals surface area (Å²) in [5.74, 6) is 0.560. The van der Waals surface area contributed by atoms with Gasteiger partial charge in [-0.25, -0.2) is 4.98 Å². The molecule has 1 rings (SSSR count). The van der Waals surface area contributed by atoms with Gasteiger partial charge in [-0.05, 0) is 31.5 Å². The smallest absolute Gasteiger partial charge is 0.225 e. The van der Waals surface area contributed by atoms with Gasteiger partial charge in [0.25, 0.3) is 0 Å². The highest BCUT2D eigenvalue weighted by molar-refractivity contribution is 5.89. The fourth-order valence-corrected chi connectivity index (χ4v) is 1.01. The highest BCUT2D eigenvalue weighted by Crippen LogP contribution is 2.04. The molecule has 1 amide bonds. The van der Waals surface area contributed by atoms with Crippen LogP contribution in [0.5, 0.6) is 0 Å². The highest BCUT2D eigenvalue weighted by Gasteiger charge is 2.01. The lowest BCUT2D eigenvalue weighted by Crippen LogP contribution is -2.14. The Balaban J connectivity index is 2.44. The minimum Gasteiger partial charge on any atom is -0.330 e. The van der Waals surface area contributed by atoms with Crippen molar-refractivity contribution in [1.82, 2.24) is 4.98 Å². The maximum absolute atomic E-state index is 11.2. The lowest BCUT2D eigenvalue weighted by Gasteiger charge is -2.03. The minimum absolute atomic E-state index is 0.0354. The molecule has 0 bridgehead atoms. The standard InChI is InChI=1S/C10H15N3O/c1-8-4-5-9(12-7-8)13-10(14)3-2-6-11/h4-5,7H,2-3,6,11H2,1H3,(H,12,13,14). The first-order valence-corrected chi connectivity index (χ1v) is 4.65. The lowest BCUT2D eigenvalue weighted by molar-refractivity contribution is -0.116. The summed E-state index contributed by atoms with van der Waals surface area (Å²) < 4.78 is 0. The second-order valence-electron chi connectivity index (χ2n) is 3.16. The Morgan fingerprint density at radius 3 is 2.93 bits per heavy atom. The van der Waals surface area contributed by atoms with Crippen molar-refractivity contribution >= 4 is 11.7 Å². The molecule has 76 valence electrons. The number of pyridine rings is 1. The number of carbonyl (C=O) groups is 1. The van der Waals surface area contributed by atoms with E-state index in [2.05, 4.69) is 10.3 Å². The van der Waals surface area contributed by atoms with E-state index in [1.54, 1.807) is 12.3 Å². The van der Waals surface area contributed by atoms with Crippen LogP contribution in [0.15, 0.2) is 18.3 Å². The zero-order valence-electron chi connectivity index (χ0n) is 8.29. The van der Waals surface area contributed by atoms with Crippen LogP contribution in [0.25, 0.3) is 0 Å². The largest absolute Gasteiger partial charge is 0.330 e. The normalized spacial score (nSPS) is 9.86. The summed E-state index contributed by atoms with van der Waals surface area (Å²) in [6.45, 7) is 2.49. The molecular weight excluding hydrogens is 178 g/mol. The van der Waals surface area contributed by atoms with Crippen molar-refractivity contribution in [2.45, 2.75) is 19.8 Å². The Hall–Kier alpha value is -1.42. The summed E-state index contributed by atoms with van der Waals surface area (Å²) in [7, 11) is 0. The zero-order valence-corrected chi connectivity index (χ0v) is 8.29. The molecule has 0 unspecified atom stereocenters. The van der Waals surface area contributed by atoms with Gasteiger partial charge < -0.3 is 11.1 Å². The molecule has 0 saturated carbocycles. The molecule has 1 aromatic rings. The van der Waals surface area contributed by atoms with Crippen molar-refractivity contribution in [1.29, 1.82) is 0 Å². The Labute approximate surface area is 83.5 Å². The molecule has 0 atom stereocenters. The number of hydrogen-bond donors (Lipinski definition) is 2. The van der Waals surface area contributed by atoms with Crippen LogP contribution in [0.1, 0.15) is 18.4 Å². The molecule has 14 heavy (non-hydrogen) atoms. The number of aryl methyl sites for hydroxylation is 1. The van der Waals surface area contributed by atoms with E-state index in [1.165, 1.54) is 0 Å². The monoisotopic (exact) mass is 193 g/mol. The Morgan fingerprint density at radius 2 is 2.36 bits per heavy atom. The minimum atomic E-state index is -0.0354. The zero-order chi connectivity index (χ0) is 10.4. The predicted molar refractivity (Wildman–Crippen MR) is 55.9 cm³/mol. The molecule has 1 aromatic heterocycles. The summed E-state index contributed by atoms with van der Waals surface area (Å²) in [5.41, 5.74) is 6.37.